The molecule has 0 radical (unpaired) electrons. The first-order chi connectivity index (χ1) is 11.7. The molecule has 1 atom stereocenters. The third kappa shape index (κ3) is 3.41. The van der Waals surface area contributed by atoms with Gasteiger partial charge in [-0.05, 0) is 55.3 Å². The van der Waals surface area contributed by atoms with E-state index in [9.17, 15) is 18.3 Å². The number of nitrogens with one attached hydrogen (secondary N) is 1. The van der Waals surface area contributed by atoms with Gasteiger partial charge in [0.1, 0.15) is 10.6 Å². The third-order valence-electron chi connectivity index (χ3n) is 4.00. The minimum Gasteiger partial charge on any atom is -0.508 e. The number of anilines is 1. The fraction of sp³-hybridized carbons (Fsp3) is 0.188. The molecule has 0 bridgehead atoms. The zero-order valence-electron chi connectivity index (χ0n) is 13.2. The van der Waals surface area contributed by atoms with Gasteiger partial charge in [0.15, 0.2) is 0 Å². The van der Waals surface area contributed by atoms with Gasteiger partial charge in [-0.1, -0.05) is 11.6 Å². The van der Waals surface area contributed by atoms with Gasteiger partial charge in [-0.15, -0.1) is 0 Å². The number of halogens is 1. The minimum atomic E-state index is -4.03. The Kier molecular flexibility index (Phi) is 4.36. The van der Waals surface area contributed by atoms with Crippen LogP contribution in [-0.2, 0) is 16.4 Å². The molecule has 2 aromatic carbocycles. The second-order valence-electron chi connectivity index (χ2n) is 5.87. The van der Waals surface area contributed by atoms with E-state index >= 15 is 0 Å². The molecule has 0 aromatic heterocycles. The fourth-order valence-corrected chi connectivity index (χ4v) is 3.90. The number of amides is 1. The van der Waals surface area contributed by atoms with Gasteiger partial charge in [0.05, 0.1) is 16.8 Å². The summed E-state index contributed by atoms with van der Waals surface area (Å²) in [5.74, 6) is -0.330. The molecule has 9 heteroatoms. The predicted octanol–water partition coefficient (Wildman–Crippen LogP) is 1.79. The summed E-state index contributed by atoms with van der Waals surface area (Å²) in [5.41, 5.74) is 4.56. The summed E-state index contributed by atoms with van der Waals surface area (Å²) in [6, 6.07) is 8.76. The van der Waals surface area contributed by atoms with Gasteiger partial charge in [0.25, 0.3) is 5.91 Å². The lowest BCUT2D eigenvalue weighted by Gasteiger charge is -2.25. The summed E-state index contributed by atoms with van der Waals surface area (Å²) in [6.45, 7) is 1.93. The van der Waals surface area contributed by atoms with Crippen molar-refractivity contribution in [3.63, 3.8) is 0 Å². The molecular formula is C16H16ClN3O4S. The second kappa shape index (κ2) is 6.21. The Labute approximate surface area is 150 Å². The molecule has 7 nitrogen and oxygen atoms in total. The Morgan fingerprint density at radius 1 is 1.32 bits per heavy atom. The van der Waals surface area contributed by atoms with Gasteiger partial charge in [-0.25, -0.2) is 13.6 Å². The Morgan fingerprint density at radius 3 is 2.72 bits per heavy atom. The molecule has 1 heterocycles. The van der Waals surface area contributed by atoms with Crippen LogP contribution < -0.4 is 15.6 Å². The smallest absolute Gasteiger partial charge is 0.269 e. The Balaban J connectivity index is 1.89. The van der Waals surface area contributed by atoms with Crippen molar-refractivity contribution in [2.24, 2.45) is 5.14 Å². The highest BCUT2D eigenvalue weighted by atomic mass is 35.5. The summed E-state index contributed by atoms with van der Waals surface area (Å²) in [6.07, 6.45) is 0.660. The molecule has 1 amide bonds. The summed E-state index contributed by atoms with van der Waals surface area (Å²) < 4.78 is 23.1. The number of nitrogens with zero attached hydrogens (tertiary/aromatic N) is 1. The molecular weight excluding hydrogens is 366 g/mol. The van der Waals surface area contributed by atoms with Crippen LogP contribution in [0.2, 0.25) is 5.02 Å². The van der Waals surface area contributed by atoms with Gasteiger partial charge in [-0.3, -0.25) is 15.2 Å². The maximum atomic E-state index is 12.5. The first kappa shape index (κ1) is 17.5. The standard InChI is InChI=1S/C16H16ClN3O4S/c1-9-6-11-7-12(21)3-5-14(11)20(9)19-16(22)10-2-4-13(17)15(8-10)25(18,23)24/h2-5,7-9,21H,6H2,1H3,(H,19,22)(H2,18,23,24). The molecule has 1 aliphatic rings. The lowest BCUT2D eigenvalue weighted by Crippen LogP contribution is -2.45. The molecule has 0 aliphatic carbocycles. The number of aromatic hydroxyl groups is 1. The van der Waals surface area contributed by atoms with Crippen LogP contribution in [-0.4, -0.2) is 25.5 Å². The number of benzene rings is 2. The van der Waals surface area contributed by atoms with Crippen LogP contribution in [0, 0.1) is 0 Å². The topological polar surface area (TPSA) is 113 Å². The number of phenolic OH excluding ortho intramolecular Hbond substituents is 1. The molecule has 132 valence electrons. The normalized spacial score (nSPS) is 16.6. The summed E-state index contributed by atoms with van der Waals surface area (Å²) in [4.78, 5) is 12.2. The van der Waals surface area contributed by atoms with E-state index < -0.39 is 15.9 Å². The van der Waals surface area contributed by atoms with Crippen LogP contribution in [0.3, 0.4) is 0 Å². The minimum absolute atomic E-state index is 0.0224. The number of carbonyl (C=O) groups is 1. The van der Waals surface area contributed by atoms with Crippen LogP contribution in [0.5, 0.6) is 5.75 Å². The van der Waals surface area contributed by atoms with E-state index in [0.29, 0.717) is 6.42 Å². The van der Waals surface area contributed by atoms with E-state index in [1.54, 1.807) is 17.1 Å². The van der Waals surface area contributed by atoms with Crippen LogP contribution in [0.1, 0.15) is 22.8 Å². The Bertz CT molecular complexity index is 962. The summed E-state index contributed by atoms with van der Waals surface area (Å²) >= 11 is 5.84. The van der Waals surface area contributed by atoms with Crippen LogP contribution >= 0.6 is 11.6 Å². The van der Waals surface area contributed by atoms with Crippen molar-refractivity contribution >= 4 is 33.2 Å². The SMILES string of the molecule is CC1Cc2cc(O)ccc2N1NC(=O)c1ccc(Cl)c(S(N)(=O)=O)c1. The molecule has 0 saturated heterocycles. The van der Waals surface area contributed by atoms with Gasteiger partial charge in [-0.2, -0.15) is 0 Å². The lowest BCUT2D eigenvalue weighted by molar-refractivity contribution is 0.0946. The second-order valence-corrected chi connectivity index (χ2v) is 7.80. The molecule has 1 unspecified atom stereocenters. The summed E-state index contributed by atoms with van der Waals surface area (Å²) in [5, 5.41) is 16.3. The number of fused-ring (bicyclic) bond motifs is 1. The quantitative estimate of drug-likeness (QED) is 0.750. The van der Waals surface area contributed by atoms with Crippen molar-refractivity contribution in [3.8, 4) is 5.75 Å². The van der Waals surface area contributed by atoms with Gasteiger partial charge in [0, 0.05) is 5.56 Å². The number of hydrogen-bond donors (Lipinski definition) is 3. The van der Waals surface area contributed by atoms with Crippen LogP contribution in [0.4, 0.5) is 5.69 Å². The van der Waals surface area contributed by atoms with Crippen LogP contribution in [0.15, 0.2) is 41.3 Å². The average Bonchev–Trinajstić information content (AvgIpc) is 2.81. The van der Waals surface area contributed by atoms with Gasteiger partial charge >= 0.3 is 0 Å². The Hall–Kier alpha value is -2.29. The molecule has 4 N–H and O–H groups in total. The highest BCUT2D eigenvalue weighted by Gasteiger charge is 2.28. The Morgan fingerprint density at radius 2 is 2.04 bits per heavy atom. The molecule has 0 saturated carbocycles. The van der Waals surface area contributed by atoms with Gasteiger partial charge in [0.2, 0.25) is 10.0 Å². The number of primary sulfonamides is 1. The summed E-state index contributed by atoms with van der Waals surface area (Å²) in [7, 11) is -4.03. The van der Waals surface area contributed by atoms with E-state index in [-0.39, 0.29) is 27.3 Å². The van der Waals surface area contributed by atoms with E-state index in [1.165, 1.54) is 18.2 Å². The van der Waals surface area contributed by atoms with E-state index in [4.69, 9.17) is 16.7 Å². The fourth-order valence-electron chi connectivity index (χ4n) is 2.82. The van der Waals surface area contributed by atoms with Crippen LogP contribution in [0.25, 0.3) is 0 Å². The number of rotatable bonds is 3. The van der Waals surface area contributed by atoms with E-state index in [1.807, 2.05) is 6.92 Å². The van der Waals surface area contributed by atoms with E-state index in [2.05, 4.69) is 5.43 Å². The van der Waals surface area contributed by atoms with Crippen molar-refractivity contribution in [2.75, 3.05) is 5.01 Å². The first-order valence-corrected chi connectivity index (χ1v) is 9.33. The molecule has 1 aliphatic heterocycles. The van der Waals surface area contributed by atoms with Crippen molar-refractivity contribution < 1.29 is 18.3 Å². The maximum Gasteiger partial charge on any atom is 0.269 e. The van der Waals surface area contributed by atoms with Crippen molar-refractivity contribution in [3.05, 3.63) is 52.5 Å². The monoisotopic (exact) mass is 381 g/mol. The van der Waals surface area contributed by atoms with Crippen molar-refractivity contribution in [1.29, 1.82) is 0 Å². The number of hydrogen-bond acceptors (Lipinski definition) is 5. The first-order valence-electron chi connectivity index (χ1n) is 7.41. The largest absolute Gasteiger partial charge is 0.508 e. The number of nitrogens with two attached hydrogens (primary N) is 1. The number of carbonyl (C=O) groups excluding carboxylic acids is 1. The number of sulfonamides is 1. The van der Waals surface area contributed by atoms with Gasteiger partial charge < -0.3 is 5.11 Å². The molecule has 0 spiro atoms. The van der Waals surface area contributed by atoms with E-state index in [0.717, 1.165) is 17.3 Å². The molecule has 2 aromatic rings. The zero-order chi connectivity index (χ0) is 18.4. The van der Waals surface area contributed by atoms with Crippen molar-refractivity contribution in [2.45, 2.75) is 24.3 Å². The lowest BCUT2D eigenvalue weighted by atomic mass is 10.1. The third-order valence-corrected chi connectivity index (χ3v) is 5.39. The predicted molar refractivity (Wildman–Crippen MR) is 94.0 cm³/mol. The highest BCUT2D eigenvalue weighted by molar-refractivity contribution is 7.89. The zero-order valence-corrected chi connectivity index (χ0v) is 14.8. The average molecular weight is 382 g/mol. The molecule has 0 fully saturated rings. The highest BCUT2D eigenvalue weighted by Crippen LogP contribution is 2.33. The maximum absolute atomic E-state index is 12.5. The van der Waals surface area contributed by atoms with Crippen molar-refractivity contribution in [1.82, 2.24) is 5.43 Å². The molecule has 3 rings (SSSR count). The number of hydrazine groups is 1. The molecule has 25 heavy (non-hydrogen) atoms. The number of phenols is 1.